The molecule has 0 radical (unpaired) electrons. The van der Waals surface area contributed by atoms with Crippen molar-refractivity contribution in [2.24, 2.45) is 0 Å². The Kier molecular flexibility index (Phi) is 5.87. The molecule has 0 unspecified atom stereocenters. The second kappa shape index (κ2) is 7.42. The predicted octanol–water partition coefficient (Wildman–Crippen LogP) is 4.84. The molecule has 0 fully saturated rings. The van der Waals surface area contributed by atoms with E-state index in [1.54, 1.807) is 0 Å². The minimum atomic E-state index is 1.18. The highest BCUT2D eigenvalue weighted by molar-refractivity contribution is 5.59. The van der Waals surface area contributed by atoms with Crippen LogP contribution in [0.2, 0.25) is 0 Å². The lowest BCUT2D eigenvalue weighted by atomic mass is 10.1. The first kappa shape index (κ1) is 15.0. The molecule has 0 amide bonds. The van der Waals surface area contributed by atoms with Crippen LogP contribution in [-0.2, 0) is 0 Å². The van der Waals surface area contributed by atoms with E-state index in [0.29, 0.717) is 0 Å². The van der Waals surface area contributed by atoms with Gasteiger partial charge in [-0.1, -0.05) is 49.1 Å². The fourth-order valence-corrected chi connectivity index (χ4v) is 1.69. The number of nitrogens with zero attached hydrogens (tertiary/aromatic N) is 1. The molecule has 0 bridgehead atoms. The van der Waals surface area contributed by atoms with Crippen LogP contribution in [0.15, 0.2) is 66.3 Å². The second-order valence-corrected chi connectivity index (χ2v) is 4.66. The van der Waals surface area contributed by atoms with Crippen LogP contribution >= 0.6 is 0 Å². The van der Waals surface area contributed by atoms with Crippen LogP contribution in [0.1, 0.15) is 19.4 Å². The quantitative estimate of drug-likeness (QED) is 0.678. The largest absolute Gasteiger partial charge is 0.378 e. The van der Waals surface area contributed by atoms with Crippen molar-refractivity contribution in [3.8, 4) is 0 Å². The van der Waals surface area contributed by atoms with Gasteiger partial charge < -0.3 is 4.90 Å². The number of rotatable bonds is 5. The van der Waals surface area contributed by atoms with Crippen LogP contribution in [0.3, 0.4) is 0 Å². The SMILES string of the molecule is C=C/C(C)=C(\C=C/C)/C=C/c1ccc(N(C)C)cc1. The fourth-order valence-electron chi connectivity index (χ4n) is 1.69. The molecule has 0 saturated heterocycles. The van der Waals surface area contributed by atoms with Crippen molar-refractivity contribution in [3.05, 3.63) is 71.9 Å². The van der Waals surface area contributed by atoms with Gasteiger partial charge in [0, 0.05) is 19.8 Å². The average Bonchev–Trinajstić information content (AvgIpc) is 2.43. The van der Waals surface area contributed by atoms with Crippen molar-refractivity contribution in [2.45, 2.75) is 13.8 Å². The van der Waals surface area contributed by atoms with E-state index in [-0.39, 0.29) is 0 Å². The molecule has 0 aromatic heterocycles. The summed E-state index contributed by atoms with van der Waals surface area (Å²) in [5.74, 6) is 0. The van der Waals surface area contributed by atoms with Crippen molar-refractivity contribution >= 4 is 11.8 Å². The average molecular weight is 253 g/mol. The first-order valence-electron chi connectivity index (χ1n) is 6.50. The number of hydrogen-bond acceptors (Lipinski definition) is 1. The maximum Gasteiger partial charge on any atom is 0.0361 e. The standard InChI is InChI=1S/C18H23N/c1-6-8-17(15(3)7-2)12-9-16-10-13-18(14-11-16)19(4)5/h6-14H,2H2,1,3-5H3/b8-6-,12-9+,17-15+. The number of benzene rings is 1. The summed E-state index contributed by atoms with van der Waals surface area (Å²) in [6.07, 6.45) is 10.3. The smallest absolute Gasteiger partial charge is 0.0361 e. The van der Waals surface area contributed by atoms with E-state index < -0.39 is 0 Å². The number of hydrogen-bond donors (Lipinski definition) is 0. The van der Waals surface area contributed by atoms with Crippen LogP contribution in [0.25, 0.3) is 6.08 Å². The summed E-state index contributed by atoms with van der Waals surface area (Å²) < 4.78 is 0. The molecule has 0 N–H and O–H groups in total. The molecular formula is C18H23N. The molecule has 0 spiro atoms. The molecule has 100 valence electrons. The molecule has 1 aromatic carbocycles. The summed E-state index contributed by atoms with van der Waals surface area (Å²) in [7, 11) is 4.09. The van der Waals surface area contributed by atoms with E-state index >= 15 is 0 Å². The van der Waals surface area contributed by atoms with Crippen molar-refractivity contribution in [1.82, 2.24) is 0 Å². The van der Waals surface area contributed by atoms with Gasteiger partial charge in [-0.25, -0.2) is 0 Å². The molecule has 0 aliphatic rings. The second-order valence-electron chi connectivity index (χ2n) is 4.66. The summed E-state index contributed by atoms with van der Waals surface area (Å²) in [5.41, 5.74) is 4.78. The highest BCUT2D eigenvalue weighted by Crippen LogP contribution is 2.15. The van der Waals surface area contributed by atoms with Crippen LogP contribution in [0.5, 0.6) is 0 Å². The Balaban J connectivity index is 2.94. The van der Waals surface area contributed by atoms with Crippen molar-refractivity contribution in [2.75, 3.05) is 19.0 Å². The van der Waals surface area contributed by atoms with Gasteiger partial charge in [-0.15, -0.1) is 0 Å². The zero-order valence-corrected chi connectivity index (χ0v) is 12.4. The van der Waals surface area contributed by atoms with Crippen LogP contribution in [-0.4, -0.2) is 14.1 Å². The first-order valence-corrected chi connectivity index (χ1v) is 6.50. The molecular weight excluding hydrogens is 230 g/mol. The number of anilines is 1. The third-order valence-corrected chi connectivity index (χ3v) is 2.97. The lowest BCUT2D eigenvalue weighted by Gasteiger charge is -2.11. The van der Waals surface area contributed by atoms with Crippen molar-refractivity contribution in [3.63, 3.8) is 0 Å². The van der Waals surface area contributed by atoms with Gasteiger partial charge >= 0.3 is 0 Å². The topological polar surface area (TPSA) is 3.24 Å². The third kappa shape index (κ3) is 4.63. The summed E-state index contributed by atoms with van der Waals surface area (Å²) in [4.78, 5) is 2.10. The molecule has 1 rings (SSSR count). The van der Waals surface area contributed by atoms with Gasteiger partial charge in [0.15, 0.2) is 0 Å². The van der Waals surface area contributed by atoms with E-state index in [4.69, 9.17) is 0 Å². The summed E-state index contributed by atoms with van der Waals surface area (Å²) in [5, 5.41) is 0. The van der Waals surface area contributed by atoms with E-state index in [2.05, 4.69) is 60.9 Å². The number of allylic oxidation sites excluding steroid dienone is 6. The predicted molar refractivity (Wildman–Crippen MR) is 87.5 cm³/mol. The highest BCUT2D eigenvalue weighted by Gasteiger charge is 1.95. The van der Waals surface area contributed by atoms with E-state index in [1.165, 1.54) is 22.4 Å². The van der Waals surface area contributed by atoms with Gasteiger partial charge in [0.2, 0.25) is 0 Å². The van der Waals surface area contributed by atoms with Gasteiger partial charge in [-0.3, -0.25) is 0 Å². The Bertz CT molecular complexity index is 499. The fraction of sp³-hybridized carbons (Fsp3) is 0.222. The monoisotopic (exact) mass is 253 g/mol. The van der Waals surface area contributed by atoms with Gasteiger partial charge in [0.25, 0.3) is 0 Å². The Labute approximate surface area is 117 Å². The van der Waals surface area contributed by atoms with Crippen LogP contribution < -0.4 is 4.90 Å². The molecule has 0 heterocycles. The van der Waals surface area contributed by atoms with E-state index in [1.807, 2.05) is 33.2 Å². The maximum absolute atomic E-state index is 3.82. The third-order valence-electron chi connectivity index (χ3n) is 2.97. The summed E-state index contributed by atoms with van der Waals surface area (Å²) in [6, 6.07) is 8.50. The zero-order chi connectivity index (χ0) is 14.3. The molecule has 19 heavy (non-hydrogen) atoms. The summed E-state index contributed by atoms with van der Waals surface area (Å²) in [6.45, 7) is 7.91. The van der Waals surface area contributed by atoms with Crippen LogP contribution in [0, 0.1) is 0 Å². The summed E-state index contributed by atoms with van der Waals surface area (Å²) >= 11 is 0. The minimum absolute atomic E-state index is 1.18. The van der Waals surface area contributed by atoms with Crippen molar-refractivity contribution in [1.29, 1.82) is 0 Å². The molecule has 1 nitrogen and oxygen atoms in total. The molecule has 0 saturated carbocycles. The maximum atomic E-state index is 3.82. The Morgan fingerprint density at radius 3 is 2.21 bits per heavy atom. The van der Waals surface area contributed by atoms with E-state index in [0.717, 1.165) is 0 Å². The van der Waals surface area contributed by atoms with Gasteiger partial charge in [0.05, 0.1) is 0 Å². The van der Waals surface area contributed by atoms with Crippen LogP contribution in [0.4, 0.5) is 5.69 Å². The highest BCUT2D eigenvalue weighted by atomic mass is 15.1. The molecule has 0 aliphatic heterocycles. The Hall–Kier alpha value is -2.02. The minimum Gasteiger partial charge on any atom is -0.378 e. The Morgan fingerprint density at radius 1 is 1.11 bits per heavy atom. The molecule has 1 heteroatoms. The van der Waals surface area contributed by atoms with Gasteiger partial charge in [0.1, 0.15) is 0 Å². The van der Waals surface area contributed by atoms with Gasteiger partial charge in [-0.2, -0.15) is 0 Å². The Morgan fingerprint density at radius 2 is 1.74 bits per heavy atom. The molecule has 1 aromatic rings. The molecule has 0 atom stereocenters. The molecule has 0 aliphatic carbocycles. The van der Waals surface area contributed by atoms with Gasteiger partial charge in [-0.05, 0) is 42.7 Å². The van der Waals surface area contributed by atoms with Crippen molar-refractivity contribution < 1.29 is 0 Å². The normalized spacial score (nSPS) is 12.8. The first-order chi connectivity index (χ1) is 9.08. The van der Waals surface area contributed by atoms with E-state index in [9.17, 15) is 0 Å². The zero-order valence-electron chi connectivity index (χ0n) is 12.4. The lowest BCUT2D eigenvalue weighted by molar-refractivity contribution is 1.13. The lowest BCUT2D eigenvalue weighted by Crippen LogP contribution is -2.07.